The Hall–Kier alpha value is -1.50. The van der Waals surface area contributed by atoms with Crippen molar-refractivity contribution in [2.24, 2.45) is 0 Å². The number of benzene rings is 3. The van der Waals surface area contributed by atoms with Gasteiger partial charge in [-0.3, -0.25) is 14.4 Å². The number of anilines is 2. The van der Waals surface area contributed by atoms with Crippen LogP contribution >= 0.6 is 72.7 Å². The second-order valence-electron chi connectivity index (χ2n) is 6.36. The predicted octanol–water partition coefficient (Wildman–Crippen LogP) is 6.36. The Labute approximate surface area is 212 Å². The van der Waals surface area contributed by atoms with Gasteiger partial charge in [0.15, 0.2) is 0 Å². The molecule has 1 aliphatic heterocycles. The van der Waals surface area contributed by atoms with E-state index in [1.807, 2.05) is 6.07 Å². The van der Waals surface area contributed by atoms with Gasteiger partial charge in [-0.15, -0.1) is 0 Å². The average Bonchev–Trinajstić information content (AvgIpc) is 2.97. The van der Waals surface area contributed by atoms with E-state index < -0.39 is 11.8 Å². The average molecular weight is 707 g/mol. The third-order valence-electron chi connectivity index (χ3n) is 4.49. The van der Waals surface area contributed by atoms with Crippen molar-refractivity contribution < 1.29 is 14.4 Å². The number of carbonyl (C=O) groups excluding carboxylic acids is 3. The number of hydrogen-bond acceptors (Lipinski definition) is 3. The Kier molecular flexibility index (Phi) is 6.20. The molecule has 0 saturated carbocycles. The molecule has 1 aliphatic rings. The largest absolute Gasteiger partial charge is 0.321 e. The minimum absolute atomic E-state index is 0.217. The third-order valence-corrected chi connectivity index (χ3v) is 7.87. The molecule has 4 rings (SSSR count). The Morgan fingerprint density at radius 3 is 2.20 bits per heavy atom. The fraction of sp³-hybridized carbons (Fsp3) is 0. The number of fused-ring (bicyclic) bond motifs is 1. The normalized spacial score (nSPS) is 12.9. The Balaban J connectivity index is 1.62. The molecular formula is C21H10BrClI2N2O3. The maximum absolute atomic E-state index is 12.8. The maximum atomic E-state index is 12.8. The highest BCUT2D eigenvalue weighted by Gasteiger charge is 2.36. The van der Waals surface area contributed by atoms with Gasteiger partial charge in [0.1, 0.15) is 0 Å². The molecule has 150 valence electrons. The maximum Gasteiger partial charge on any atom is 0.266 e. The van der Waals surface area contributed by atoms with Crippen molar-refractivity contribution in [3.8, 4) is 0 Å². The molecule has 0 atom stereocenters. The molecule has 0 spiro atoms. The lowest BCUT2D eigenvalue weighted by molar-refractivity contribution is 0.0924. The zero-order chi connectivity index (χ0) is 21.6. The topological polar surface area (TPSA) is 66.5 Å². The van der Waals surface area contributed by atoms with Crippen LogP contribution in [0.1, 0.15) is 31.1 Å². The molecule has 3 amide bonds. The van der Waals surface area contributed by atoms with E-state index in [9.17, 15) is 14.4 Å². The van der Waals surface area contributed by atoms with Crippen LogP contribution in [0.2, 0.25) is 5.02 Å². The Bertz CT molecular complexity index is 1210. The summed E-state index contributed by atoms with van der Waals surface area (Å²) in [5, 5.41) is 3.00. The number of imide groups is 1. The molecule has 1 N–H and O–H groups in total. The first-order valence-electron chi connectivity index (χ1n) is 8.51. The number of rotatable bonds is 3. The summed E-state index contributed by atoms with van der Waals surface area (Å²) < 4.78 is 2.54. The highest BCUT2D eigenvalue weighted by atomic mass is 127. The van der Waals surface area contributed by atoms with Crippen LogP contribution in [0.5, 0.6) is 0 Å². The second-order valence-corrected chi connectivity index (χ2v) is 9.97. The molecule has 30 heavy (non-hydrogen) atoms. The smallest absolute Gasteiger partial charge is 0.266 e. The number of amides is 3. The van der Waals surface area contributed by atoms with Crippen LogP contribution in [0, 0.1) is 7.14 Å². The fourth-order valence-electron chi connectivity index (χ4n) is 3.08. The second kappa shape index (κ2) is 8.56. The zero-order valence-corrected chi connectivity index (χ0v) is 21.5. The molecule has 0 unspecified atom stereocenters. The highest BCUT2D eigenvalue weighted by Crippen LogP contribution is 2.34. The van der Waals surface area contributed by atoms with E-state index in [1.165, 1.54) is 6.07 Å². The molecule has 0 radical (unpaired) electrons. The van der Waals surface area contributed by atoms with Crippen LogP contribution in [0.15, 0.2) is 59.1 Å². The first-order chi connectivity index (χ1) is 14.3. The summed E-state index contributed by atoms with van der Waals surface area (Å²) in [5.41, 5.74) is 1.91. The van der Waals surface area contributed by atoms with Crippen molar-refractivity contribution in [2.75, 3.05) is 10.2 Å². The van der Waals surface area contributed by atoms with Gasteiger partial charge in [0.2, 0.25) is 0 Å². The van der Waals surface area contributed by atoms with Crippen LogP contribution in [-0.2, 0) is 0 Å². The molecule has 0 bridgehead atoms. The predicted molar refractivity (Wildman–Crippen MR) is 137 cm³/mol. The first kappa shape index (κ1) is 21.7. The van der Waals surface area contributed by atoms with E-state index in [1.54, 1.807) is 42.5 Å². The molecule has 3 aromatic carbocycles. The van der Waals surface area contributed by atoms with Crippen molar-refractivity contribution >= 4 is 102 Å². The van der Waals surface area contributed by atoms with E-state index in [-0.39, 0.29) is 10.9 Å². The first-order valence-corrected chi connectivity index (χ1v) is 11.8. The van der Waals surface area contributed by atoms with Crippen molar-refractivity contribution in [1.29, 1.82) is 0 Å². The Morgan fingerprint density at radius 2 is 1.60 bits per heavy atom. The van der Waals surface area contributed by atoms with Gasteiger partial charge >= 0.3 is 0 Å². The molecule has 1 heterocycles. The van der Waals surface area contributed by atoms with Gasteiger partial charge in [-0.05, 0) is 104 Å². The van der Waals surface area contributed by atoms with E-state index >= 15 is 0 Å². The molecule has 9 heteroatoms. The van der Waals surface area contributed by atoms with Crippen molar-refractivity contribution in [2.45, 2.75) is 0 Å². The summed E-state index contributed by atoms with van der Waals surface area (Å²) in [6, 6.07) is 15.0. The SMILES string of the molecule is O=C(Nc1ccc(N2C(=O)c3ccccc3C2=O)cc1Cl)c1cc(I)cc(I)c1Br. The summed E-state index contributed by atoms with van der Waals surface area (Å²) in [6.07, 6.45) is 0. The van der Waals surface area contributed by atoms with Gasteiger partial charge < -0.3 is 5.32 Å². The van der Waals surface area contributed by atoms with E-state index in [0.717, 1.165) is 12.0 Å². The summed E-state index contributed by atoms with van der Waals surface area (Å²) in [6.45, 7) is 0. The van der Waals surface area contributed by atoms with Gasteiger partial charge in [-0.25, -0.2) is 4.90 Å². The van der Waals surface area contributed by atoms with Gasteiger partial charge in [-0.2, -0.15) is 0 Å². The molecule has 3 aromatic rings. The Morgan fingerprint density at radius 1 is 0.967 bits per heavy atom. The van der Waals surface area contributed by atoms with Crippen LogP contribution < -0.4 is 10.2 Å². The third kappa shape index (κ3) is 3.90. The summed E-state index contributed by atoms with van der Waals surface area (Å²) in [7, 11) is 0. The lowest BCUT2D eigenvalue weighted by atomic mass is 10.1. The number of carbonyl (C=O) groups is 3. The molecule has 0 fully saturated rings. The monoisotopic (exact) mass is 706 g/mol. The number of nitrogens with zero attached hydrogens (tertiary/aromatic N) is 1. The van der Waals surface area contributed by atoms with Gasteiger partial charge in [0, 0.05) is 11.6 Å². The van der Waals surface area contributed by atoms with E-state index in [0.29, 0.717) is 32.5 Å². The lowest BCUT2D eigenvalue weighted by Crippen LogP contribution is -2.29. The minimum Gasteiger partial charge on any atom is -0.321 e. The molecular weight excluding hydrogens is 697 g/mol. The van der Waals surface area contributed by atoms with Crippen LogP contribution in [-0.4, -0.2) is 17.7 Å². The van der Waals surface area contributed by atoms with E-state index in [4.69, 9.17) is 11.6 Å². The van der Waals surface area contributed by atoms with Crippen molar-refractivity contribution in [3.63, 3.8) is 0 Å². The highest BCUT2D eigenvalue weighted by molar-refractivity contribution is 14.1. The minimum atomic E-state index is -0.402. The van der Waals surface area contributed by atoms with Gasteiger partial charge in [-0.1, -0.05) is 23.7 Å². The van der Waals surface area contributed by atoms with Crippen LogP contribution in [0.25, 0.3) is 0 Å². The standard InChI is InChI=1S/C21H10BrClI2N2O3/c22-18-14(7-10(24)8-16(18)25)19(28)26-17-6-5-11(9-15(17)23)27-20(29)12-3-1-2-4-13(12)21(27)30/h1-9H,(H,26,28). The summed E-state index contributed by atoms with van der Waals surface area (Å²) in [4.78, 5) is 39.2. The molecule has 0 saturated heterocycles. The zero-order valence-electron chi connectivity index (χ0n) is 14.9. The van der Waals surface area contributed by atoms with Crippen molar-refractivity contribution in [3.05, 3.63) is 87.9 Å². The van der Waals surface area contributed by atoms with Gasteiger partial charge in [0.25, 0.3) is 17.7 Å². The quantitative estimate of drug-likeness (QED) is 0.196. The molecule has 0 aromatic heterocycles. The number of hydrogen-bond donors (Lipinski definition) is 1. The molecule has 0 aliphatic carbocycles. The summed E-state index contributed by atoms with van der Waals surface area (Å²) in [5.74, 6) is -1.13. The van der Waals surface area contributed by atoms with E-state index in [2.05, 4.69) is 66.4 Å². The molecule has 5 nitrogen and oxygen atoms in total. The van der Waals surface area contributed by atoms with Gasteiger partial charge in [0.05, 0.1) is 33.1 Å². The summed E-state index contributed by atoms with van der Waals surface area (Å²) >= 11 is 14.1. The fourth-order valence-corrected chi connectivity index (χ4v) is 5.55. The van der Waals surface area contributed by atoms with Crippen molar-refractivity contribution in [1.82, 2.24) is 0 Å². The lowest BCUT2D eigenvalue weighted by Gasteiger charge is -2.16. The number of nitrogens with one attached hydrogen (secondary N) is 1. The van der Waals surface area contributed by atoms with Crippen LogP contribution in [0.3, 0.4) is 0 Å². The van der Waals surface area contributed by atoms with Crippen LogP contribution in [0.4, 0.5) is 11.4 Å². The number of halogens is 4.